The van der Waals surface area contributed by atoms with E-state index in [1.807, 2.05) is 63.2 Å². The molecule has 0 aliphatic rings. The third-order valence-corrected chi connectivity index (χ3v) is 4.81. The van der Waals surface area contributed by atoms with Crippen molar-refractivity contribution in [3.05, 3.63) is 70.9 Å². The van der Waals surface area contributed by atoms with Crippen LogP contribution in [0.25, 0.3) is 0 Å². The van der Waals surface area contributed by atoms with Crippen LogP contribution in [0.5, 0.6) is 0 Å². The molecule has 0 saturated heterocycles. The summed E-state index contributed by atoms with van der Waals surface area (Å²) < 4.78 is 0. The molecule has 5 nitrogen and oxygen atoms in total. The van der Waals surface area contributed by atoms with Gasteiger partial charge in [0.25, 0.3) is 5.91 Å². The number of rotatable bonds is 5. The lowest BCUT2D eigenvalue weighted by molar-refractivity contribution is 0.0946. The number of nitrogens with zero attached hydrogens (tertiary/aromatic N) is 2. The first-order chi connectivity index (χ1) is 12.0. The molecular weight excluding hydrogens is 332 g/mol. The summed E-state index contributed by atoms with van der Waals surface area (Å²) in [6, 6.07) is 13.6. The molecule has 0 spiro atoms. The molecule has 3 aromatic rings. The smallest absolute Gasteiger partial charge is 0.254 e. The van der Waals surface area contributed by atoms with Crippen molar-refractivity contribution in [2.24, 2.45) is 0 Å². The van der Waals surface area contributed by atoms with E-state index in [0.29, 0.717) is 17.1 Å². The normalized spacial score (nSPS) is 10.7. The highest BCUT2D eigenvalue weighted by molar-refractivity contribution is 7.99. The molecule has 6 heteroatoms. The molecule has 0 aliphatic heterocycles. The number of imidazole rings is 1. The van der Waals surface area contributed by atoms with E-state index in [2.05, 4.69) is 20.3 Å². The number of hydrogen-bond acceptors (Lipinski definition) is 4. The number of aromatic amines is 1. The van der Waals surface area contributed by atoms with E-state index < -0.39 is 0 Å². The van der Waals surface area contributed by atoms with Crippen LogP contribution in [0.15, 0.2) is 52.4 Å². The number of amides is 1. The molecule has 25 heavy (non-hydrogen) atoms. The molecule has 0 saturated carbocycles. The number of carbonyl (C=O) groups excluding carboxylic acids is 1. The highest BCUT2D eigenvalue weighted by atomic mass is 32.2. The van der Waals surface area contributed by atoms with Gasteiger partial charge in [-0.1, -0.05) is 30.0 Å². The maximum atomic E-state index is 12.6. The van der Waals surface area contributed by atoms with Crippen LogP contribution in [-0.2, 0) is 6.54 Å². The number of aromatic nitrogens is 3. The molecule has 1 aromatic carbocycles. The van der Waals surface area contributed by atoms with Gasteiger partial charge in [-0.2, -0.15) is 0 Å². The SMILES string of the molecule is Cc1ccc(C(=O)NCc2nc(C)c(C)[nH]2)c(Sc2ccccc2)n1. The first-order valence-corrected chi connectivity index (χ1v) is 8.85. The molecular formula is C19H20N4OS. The number of benzene rings is 1. The van der Waals surface area contributed by atoms with Gasteiger partial charge in [-0.25, -0.2) is 9.97 Å². The topological polar surface area (TPSA) is 70.7 Å². The van der Waals surface area contributed by atoms with E-state index in [4.69, 9.17) is 0 Å². The number of H-pyrrole nitrogens is 1. The van der Waals surface area contributed by atoms with Crippen LogP contribution in [0.1, 0.15) is 33.3 Å². The first-order valence-electron chi connectivity index (χ1n) is 8.04. The van der Waals surface area contributed by atoms with Gasteiger partial charge in [-0.05, 0) is 45.0 Å². The van der Waals surface area contributed by atoms with Gasteiger partial charge in [0, 0.05) is 16.3 Å². The van der Waals surface area contributed by atoms with Gasteiger partial charge >= 0.3 is 0 Å². The van der Waals surface area contributed by atoms with Crippen LogP contribution in [-0.4, -0.2) is 20.9 Å². The highest BCUT2D eigenvalue weighted by Crippen LogP contribution is 2.29. The van der Waals surface area contributed by atoms with Gasteiger partial charge in [0.2, 0.25) is 0 Å². The van der Waals surface area contributed by atoms with Crippen molar-refractivity contribution in [2.75, 3.05) is 0 Å². The second kappa shape index (κ2) is 7.53. The van der Waals surface area contributed by atoms with Gasteiger partial charge < -0.3 is 10.3 Å². The fourth-order valence-electron chi connectivity index (χ4n) is 2.35. The van der Waals surface area contributed by atoms with Gasteiger partial charge in [0.15, 0.2) is 0 Å². The van der Waals surface area contributed by atoms with E-state index in [0.717, 1.165) is 27.8 Å². The van der Waals surface area contributed by atoms with Crippen LogP contribution in [0, 0.1) is 20.8 Å². The minimum Gasteiger partial charge on any atom is -0.345 e. The molecule has 3 rings (SSSR count). The van der Waals surface area contributed by atoms with E-state index in [1.165, 1.54) is 11.8 Å². The van der Waals surface area contributed by atoms with Crippen LogP contribution >= 0.6 is 11.8 Å². The number of nitrogens with one attached hydrogen (secondary N) is 2. The number of hydrogen-bond donors (Lipinski definition) is 2. The van der Waals surface area contributed by atoms with Crippen LogP contribution < -0.4 is 5.32 Å². The third kappa shape index (κ3) is 4.28. The van der Waals surface area contributed by atoms with Crippen molar-refractivity contribution in [3.8, 4) is 0 Å². The van der Waals surface area contributed by atoms with Gasteiger partial charge in [0.1, 0.15) is 10.9 Å². The van der Waals surface area contributed by atoms with Crippen molar-refractivity contribution < 1.29 is 4.79 Å². The average molecular weight is 352 g/mol. The number of pyridine rings is 1. The standard InChI is InChI=1S/C19H20N4OS/c1-12-9-10-16(19(21-12)25-15-7-5-4-6-8-15)18(24)20-11-17-22-13(2)14(3)23-17/h4-10H,11H2,1-3H3,(H,20,24)(H,22,23). The summed E-state index contributed by atoms with van der Waals surface area (Å²) in [5.41, 5.74) is 3.41. The Morgan fingerprint density at radius 3 is 2.52 bits per heavy atom. The summed E-state index contributed by atoms with van der Waals surface area (Å²) in [6.07, 6.45) is 0. The quantitative estimate of drug-likeness (QED) is 0.732. The Balaban J connectivity index is 1.77. The zero-order chi connectivity index (χ0) is 17.8. The van der Waals surface area contributed by atoms with E-state index in [9.17, 15) is 4.79 Å². The minimum atomic E-state index is -0.155. The maximum Gasteiger partial charge on any atom is 0.254 e. The molecule has 0 aliphatic carbocycles. The Bertz CT molecular complexity index is 870. The molecule has 0 atom stereocenters. The van der Waals surface area contributed by atoms with Crippen LogP contribution in [0.2, 0.25) is 0 Å². The van der Waals surface area contributed by atoms with Crippen molar-refractivity contribution in [3.63, 3.8) is 0 Å². The van der Waals surface area contributed by atoms with Crippen LogP contribution in [0.4, 0.5) is 0 Å². The summed E-state index contributed by atoms with van der Waals surface area (Å²) in [7, 11) is 0. The molecule has 0 fully saturated rings. The summed E-state index contributed by atoms with van der Waals surface area (Å²) >= 11 is 1.49. The Labute approximate surface area is 151 Å². The van der Waals surface area contributed by atoms with Crippen molar-refractivity contribution in [1.29, 1.82) is 0 Å². The molecule has 128 valence electrons. The van der Waals surface area contributed by atoms with E-state index >= 15 is 0 Å². The van der Waals surface area contributed by atoms with E-state index in [-0.39, 0.29) is 5.91 Å². The summed E-state index contributed by atoms with van der Waals surface area (Å²) in [5.74, 6) is 0.596. The Morgan fingerprint density at radius 2 is 1.84 bits per heavy atom. The summed E-state index contributed by atoms with van der Waals surface area (Å²) in [4.78, 5) is 25.8. The third-order valence-electron chi connectivity index (χ3n) is 3.80. The Hall–Kier alpha value is -2.60. The van der Waals surface area contributed by atoms with Crippen LogP contribution in [0.3, 0.4) is 0 Å². The lowest BCUT2D eigenvalue weighted by atomic mass is 10.2. The molecule has 2 N–H and O–H groups in total. The monoisotopic (exact) mass is 352 g/mol. The first kappa shape index (κ1) is 17.2. The second-order valence-electron chi connectivity index (χ2n) is 5.80. The fraction of sp³-hybridized carbons (Fsp3) is 0.211. The average Bonchev–Trinajstić information content (AvgIpc) is 2.92. The van der Waals surface area contributed by atoms with Gasteiger partial charge in [-0.3, -0.25) is 4.79 Å². The predicted octanol–water partition coefficient (Wildman–Crippen LogP) is 3.81. The molecule has 0 unspecified atom stereocenters. The maximum absolute atomic E-state index is 12.6. The van der Waals surface area contributed by atoms with Gasteiger partial charge in [-0.15, -0.1) is 0 Å². The van der Waals surface area contributed by atoms with Crippen molar-refractivity contribution >= 4 is 17.7 Å². The van der Waals surface area contributed by atoms with Crippen molar-refractivity contribution in [2.45, 2.75) is 37.2 Å². The zero-order valence-electron chi connectivity index (χ0n) is 14.5. The minimum absolute atomic E-state index is 0.155. The lowest BCUT2D eigenvalue weighted by Crippen LogP contribution is -2.24. The molecule has 2 aromatic heterocycles. The largest absolute Gasteiger partial charge is 0.345 e. The highest BCUT2D eigenvalue weighted by Gasteiger charge is 2.15. The second-order valence-corrected chi connectivity index (χ2v) is 6.86. The molecule has 1 amide bonds. The molecule has 0 bridgehead atoms. The fourth-order valence-corrected chi connectivity index (χ4v) is 3.32. The summed E-state index contributed by atoms with van der Waals surface area (Å²) in [6.45, 7) is 6.18. The van der Waals surface area contributed by atoms with Crippen molar-refractivity contribution in [1.82, 2.24) is 20.3 Å². The van der Waals surface area contributed by atoms with Gasteiger partial charge in [0.05, 0.1) is 17.8 Å². The van der Waals surface area contributed by atoms with E-state index in [1.54, 1.807) is 0 Å². The lowest BCUT2D eigenvalue weighted by Gasteiger charge is -2.09. The molecule has 0 radical (unpaired) electrons. The number of aryl methyl sites for hydroxylation is 3. The predicted molar refractivity (Wildman–Crippen MR) is 98.8 cm³/mol. The summed E-state index contributed by atoms with van der Waals surface area (Å²) in [5, 5.41) is 3.62. The Morgan fingerprint density at radius 1 is 1.08 bits per heavy atom. The number of carbonyl (C=O) groups is 1. The zero-order valence-corrected chi connectivity index (χ0v) is 15.3. The molecule has 2 heterocycles. The Kier molecular flexibility index (Phi) is 5.19.